The summed E-state index contributed by atoms with van der Waals surface area (Å²) in [5.74, 6) is 0.543. The minimum Gasteiger partial charge on any atom is -0.339 e. The van der Waals surface area contributed by atoms with Crippen LogP contribution >= 0.6 is 0 Å². The molecule has 1 unspecified atom stereocenters. The van der Waals surface area contributed by atoms with Crippen molar-refractivity contribution in [1.29, 1.82) is 0 Å². The lowest BCUT2D eigenvalue weighted by Gasteiger charge is -2.15. The number of amides is 1. The first-order chi connectivity index (χ1) is 7.72. The van der Waals surface area contributed by atoms with Gasteiger partial charge in [-0.05, 0) is 30.5 Å². The van der Waals surface area contributed by atoms with E-state index in [4.69, 9.17) is 0 Å². The summed E-state index contributed by atoms with van der Waals surface area (Å²) < 4.78 is 0. The van der Waals surface area contributed by atoms with Crippen molar-refractivity contribution in [3.63, 3.8) is 0 Å². The lowest BCUT2D eigenvalue weighted by molar-refractivity contribution is -0.125. The molecule has 1 amide bonds. The third kappa shape index (κ3) is 2.01. The molecule has 0 N–H and O–H groups in total. The van der Waals surface area contributed by atoms with Gasteiger partial charge >= 0.3 is 0 Å². The number of likely N-dealkylation sites (tertiary alicyclic amines) is 1. The lowest BCUT2D eigenvalue weighted by atomic mass is 9.94. The van der Waals surface area contributed by atoms with Crippen LogP contribution < -0.4 is 0 Å². The number of carbonyl (C=O) groups is 1. The van der Waals surface area contributed by atoms with Gasteiger partial charge in [-0.2, -0.15) is 0 Å². The molecule has 0 aliphatic carbocycles. The van der Waals surface area contributed by atoms with Crippen molar-refractivity contribution in [1.82, 2.24) is 4.90 Å². The molecule has 1 aliphatic heterocycles. The highest BCUT2D eigenvalue weighted by atomic mass is 16.2. The van der Waals surface area contributed by atoms with Crippen molar-refractivity contribution in [2.75, 3.05) is 13.1 Å². The lowest BCUT2D eigenvalue weighted by Crippen LogP contribution is -2.26. The second-order valence-corrected chi connectivity index (χ2v) is 4.33. The number of nitrogens with zero attached hydrogens (tertiary/aromatic N) is 1. The van der Waals surface area contributed by atoms with Crippen LogP contribution in [0.15, 0.2) is 36.9 Å². The topological polar surface area (TPSA) is 20.3 Å². The fraction of sp³-hybridized carbons (Fsp3) is 0.357. The molecule has 1 fully saturated rings. The zero-order valence-electron chi connectivity index (χ0n) is 9.65. The molecule has 0 bridgehead atoms. The summed E-state index contributed by atoms with van der Waals surface area (Å²) in [6.45, 7) is 7.34. The van der Waals surface area contributed by atoms with Gasteiger partial charge in [0.1, 0.15) is 0 Å². The Morgan fingerprint density at radius 3 is 2.94 bits per heavy atom. The molecular formula is C14H17NO. The van der Waals surface area contributed by atoms with E-state index in [0.717, 1.165) is 19.5 Å². The number of carbonyl (C=O) groups excluding carboxylic acids is 1. The van der Waals surface area contributed by atoms with Crippen molar-refractivity contribution in [3.8, 4) is 0 Å². The summed E-state index contributed by atoms with van der Waals surface area (Å²) in [6.07, 6.45) is 2.46. The normalized spacial score (nSPS) is 19.8. The Morgan fingerprint density at radius 1 is 1.50 bits per heavy atom. The first-order valence-electron chi connectivity index (χ1n) is 5.69. The number of aryl methyl sites for hydroxylation is 1. The largest absolute Gasteiger partial charge is 0.339 e. The van der Waals surface area contributed by atoms with Crippen molar-refractivity contribution >= 4 is 5.91 Å². The molecule has 0 spiro atoms. The summed E-state index contributed by atoms with van der Waals surface area (Å²) >= 11 is 0. The van der Waals surface area contributed by atoms with Crippen LogP contribution in [-0.2, 0) is 4.79 Å². The molecule has 1 aromatic carbocycles. The fourth-order valence-corrected chi connectivity index (χ4v) is 2.39. The zero-order valence-corrected chi connectivity index (χ0v) is 9.65. The van der Waals surface area contributed by atoms with Gasteiger partial charge in [-0.15, -0.1) is 0 Å². The van der Waals surface area contributed by atoms with Gasteiger partial charge < -0.3 is 4.90 Å². The first-order valence-corrected chi connectivity index (χ1v) is 5.69. The molecule has 0 aromatic heterocycles. The van der Waals surface area contributed by atoms with Crippen molar-refractivity contribution < 1.29 is 4.79 Å². The average molecular weight is 215 g/mol. The highest BCUT2D eigenvalue weighted by Gasteiger charge is 2.26. The summed E-state index contributed by atoms with van der Waals surface area (Å²) in [7, 11) is 0. The maximum Gasteiger partial charge on any atom is 0.245 e. The Kier molecular flexibility index (Phi) is 3.09. The maximum absolute atomic E-state index is 11.5. The van der Waals surface area contributed by atoms with Gasteiger partial charge in [0.15, 0.2) is 0 Å². The van der Waals surface area contributed by atoms with Gasteiger partial charge in [-0.3, -0.25) is 4.79 Å². The third-order valence-electron chi connectivity index (χ3n) is 3.30. The van der Waals surface area contributed by atoms with Crippen molar-refractivity contribution in [2.45, 2.75) is 19.3 Å². The number of hydrogen-bond acceptors (Lipinski definition) is 1. The zero-order chi connectivity index (χ0) is 11.5. The summed E-state index contributed by atoms with van der Waals surface area (Å²) in [5.41, 5.74) is 2.70. The predicted octanol–water partition coefficient (Wildman–Crippen LogP) is 2.50. The van der Waals surface area contributed by atoms with Crippen molar-refractivity contribution in [3.05, 3.63) is 48.0 Å². The highest BCUT2D eigenvalue weighted by Crippen LogP contribution is 2.29. The van der Waals surface area contributed by atoms with Crippen molar-refractivity contribution in [2.24, 2.45) is 0 Å². The fourth-order valence-electron chi connectivity index (χ4n) is 2.39. The maximum atomic E-state index is 11.5. The van der Waals surface area contributed by atoms with Crippen LogP contribution in [0.25, 0.3) is 0 Å². The number of hydrogen-bond donors (Lipinski definition) is 0. The molecule has 1 aromatic rings. The van der Waals surface area contributed by atoms with E-state index < -0.39 is 0 Å². The predicted molar refractivity (Wildman–Crippen MR) is 65.3 cm³/mol. The van der Waals surface area contributed by atoms with Crippen LogP contribution in [0.3, 0.4) is 0 Å². The van der Waals surface area contributed by atoms with E-state index in [2.05, 4.69) is 37.8 Å². The second kappa shape index (κ2) is 4.52. The molecule has 84 valence electrons. The minimum absolute atomic E-state index is 0.0519. The van der Waals surface area contributed by atoms with Gasteiger partial charge in [-0.1, -0.05) is 30.8 Å². The van der Waals surface area contributed by atoms with E-state index in [1.54, 1.807) is 0 Å². The molecule has 2 nitrogen and oxygen atoms in total. The molecular weight excluding hydrogens is 198 g/mol. The van der Waals surface area contributed by atoms with Gasteiger partial charge in [0.2, 0.25) is 5.91 Å². The highest BCUT2D eigenvalue weighted by molar-refractivity contribution is 5.87. The van der Waals surface area contributed by atoms with E-state index in [9.17, 15) is 4.79 Å². The SMILES string of the molecule is C=CC(=O)N1CCC(c2ccccc2C)C1. The Labute approximate surface area is 96.6 Å². The monoisotopic (exact) mass is 215 g/mol. The molecule has 16 heavy (non-hydrogen) atoms. The number of benzene rings is 1. The van der Waals surface area contributed by atoms with Gasteiger partial charge in [0.05, 0.1) is 0 Å². The van der Waals surface area contributed by atoms with Crippen LogP contribution in [0.5, 0.6) is 0 Å². The summed E-state index contributed by atoms with van der Waals surface area (Å²) in [4.78, 5) is 13.4. The Balaban J connectivity index is 2.12. The van der Waals surface area contributed by atoms with Gasteiger partial charge in [-0.25, -0.2) is 0 Å². The van der Waals surface area contributed by atoms with Crippen LogP contribution in [0.1, 0.15) is 23.5 Å². The Bertz CT molecular complexity index is 411. The molecule has 1 aliphatic rings. The Hall–Kier alpha value is -1.57. The van der Waals surface area contributed by atoms with E-state index in [1.807, 2.05) is 4.90 Å². The van der Waals surface area contributed by atoms with Gasteiger partial charge in [0, 0.05) is 19.0 Å². The van der Waals surface area contributed by atoms with E-state index in [0.29, 0.717) is 5.92 Å². The number of rotatable bonds is 2. The summed E-state index contributed by atoms with van der Waals surface area (Å²) in [5, 5.41) is 0. The molecule has 0 saturated carbocycles. The van der Waals surface area contributed by atoms with Crippen LogP contribution in [0, 0.1) is 6.92 Å². The standard InChI is InChI=1S/C14H17NO/c1-3-14(16)15-9-8-12(10-15)13-7-5-4-6-11(13)2/h3-7,12H,1,8-10H2,2H3. The van der Waals surface area contributed by atoms with E-state index >= 15 is 0 Å². The van der Waals surface area contributed by atoms with Crippen LogP contribution in [0.2, 0.25) is 0 Å². The van der Waals surface area contributed by atoms with Gasteiger partial charge in [0.25, 0.3) is 0 Å². The third-order valence-corrected chi connectivity index (χ3v) is 3.30. The Morgan fingerprint density at radius 2 is 2.25 bits per heavy atom. The smallest absolute Gasteiger partial charge is 0.245 e. The molecule has 2 heteroatoms. The first kappa shape index (κ1) is 10.9. The van der Waals surface area contributed by atoms with E-state index in [1.165, 1.54) is 17.2 Å². The van der Waals surface area contributed by atoms with E-state index in [-0.39, 0.29) is 5.91 Å². The molecule has 0 radical (unpaired) electrons. The minimum atomic E-state index is 0.0519. The molecule has 1 saturated heterocycles. The van der Waals surface area contributed by atoms with Crippen LogP contribution in [0.4, 0.5) is 0 Å². The molecule has 1 heterocycles. The summed E-state index contributed by atoms with van der Waals surface area (Å²) in [6, 6.07) is 8.43. The average Bonchev–Trinajstić information content (AvgIpc) is 2.78. The van der Waals surface area contributed by atoms with Crippen LogP contribution in [-0.4, -0.2) is 23.9 Å². The molecule has 2 rings (SSSR count). The quantitative estimate of drug-likeness (QED) is 0.694. The second-order valence-electron chi connectivity index (χ2n) is 4.33. The molecule has 1 atom stereocenters.